The van der Waals surface area contributed by atoms with Gasteiger partial charge >= 0.3 is 5.97 Å². The first-order valence-electron chi connectivity index (χ1n) is 9.55. The van der Waals surface area contributed by atoms with Crippen LogP contribution in [0.3, 0.4) is 0 Å². The molecule has 7 nitrogen and oxygen atoms in total. The van der Waals surface area contributed by atoms with Crippen LogP contribution in [0.15, 0.2) is 42.0 Å². The summed E-state index contributed by atoms with van der Waals surface area (Å²) in [4.78, 5) is 36.9. The van der Waals surface area contributed by atoms with Gasteiger partial charge in [-0.2, -0.15) is 10.1 Å². The lowest BCUT2D eigenvalue weighted by molar-refractivity contribution is -0.140. The second-order valence-corrected chi connectivity index (χ2v) is 7.53. The Morgan fingerprint density at radius 2 is 1.90 bits per heavy atom. The molecule has 1 saturated heterocycles. The number of carbonyl (C=O) groups excluding carboxylic acids is 3. The van der Waals surface area contributed by atoms with E-state index in [0.717, 1.165) is 11.4 Å². The molecule has 1 heterocycles. The summed E-state index contributed by atoms with van der Waals surface area (Å²) in [6.07, 6.45) is 8.55. The Balaban J connectivity index is 1.62. The lowest BCUT2D eigenvalue weighted by atomic mass is 9.85. The fraction of sp³-hybridized carbons (Fsp3) is 0.364. The van der Waals surface area contributed by atoms with E-state index in [1.807, 2.05) is 12.2 Å². The molecule has 1 aliphatic heterocycles. The number of carbonyl (C=O) groups is 3. The van der Waals surface area contributed by atoms with Gasteiger partial charge in [-0.05, 0) is 42.4 Å². The molecule has 0 aromatic heterocycles. The van der Waals surface area contributed by atoms with Gasteiger partial charge in [0.05, 0.1) is 25.2 Å². The summed E-state index contributed by atoms with van der Waals surface area (Å²) < 4.78 is 10.6. The standard InChI is InChI=1S/C22H22N2O5/c1-4-5-16-8-13(9-17(28-3)20(16)29-12(2)25)11-23-24-21(26)18-14-6-7-15(10-14)19(18)22(24)27/h4,6-9,11,14-15,18-19H,1,5,10H2,2-3H3. The van der Waals surface area contributed by atoms with Crippen LogP contribution in [0.5, 0.6) is 11.5 Å². The first-order chi connectivity index (χ1) is 13.9. The Bertz CT molecular complexity index is 934. The SMILES string of the molecule is C=CCc1cc(C=NN2C(=O)C3C4C=CC(C4)C3C2=O)cc(OC)c1OC(C)=O. The molecule has 1 aromatic rings. The highest BCUT2D eigenvalue weighted by atomic mass is 16.6. The molecule has 4 atom stereocenters. The summed E-state index contributed by atoms with van der Waals surface area (Å²) in [7, 11) is 1.47. The second kappa shape index (κ2) is 7.31. The molecule has 3 aliphatic rings. The number of hydrogen-bond donors (Lipinski definition) is 0. The first-order valence-corrected chi connectivity index (χ1v) is 9.55. The van der Waals surface area contributed by atoms with Gasteiger partial charge < -0.3 is 9.47 Å². The third kappa shape index (κ3) is 3.16. The number of hydrogen-bond acceptors (Lipinski definition) is 6. The maximum absolute atomic E-state index is 12.7. The minimum Gasteiger partial charge on any atom is -0.493 e. The van der Waals surface area contributed by atoms with Crippen molar-refractivity contribution in [2.75, 3.05) is 7.11 Å². The van der Waals surface area contributed by atoms with Gasteiger partial charge in [-0.3, -0.25) is 14.4 Å². The van der Waals surface area contributed by atoms with Crippen molar-refractivity contribution in [3.8, 4) is 11.5 Å². The number of ether oxygens (including phenoxy) is 2. The van der Waals surface area contributed by atoms with E-state index >= 15 is 0 Å². The summed E-state index contributed by atoms with van der Waals surface area (Å²) in [5.74, 6) is -0.530. The molecule has 7 heteroatoms. The molecular weight excluding hydrogens is 372 g/mol. The molecule has 1 aromatic carbocycles. The van der Waals surface area contributed by atoms with Crippen molar-refractivity contribution >= 4 is 24.0 Å². The Morgan fingerprint density at radius 1 is 1.24 bits per heavy atom. The first kappa shape index (κ1) is 19.1. The zero-order valence-corrected chi connectivity index (χ0v) is 16.3. The molecule has 2 aliphatic carbocycles. The lowest BCUT2D eigenvalue weighted by Gasteiger charge is -2.14. The molecule has 0 radical (unpaired) electrons. The van der Waals surface area contributed by atoms with E-state index in [9.17, 15) is 14.4 Å². The average Bonchev–Trinajstić information content (AvgIpc) is 3.36. The third-order valence-electron chi connectivity index (χ3n) is 5.75. The molecule has 0 spiro atoms. The van der Waals surface area contributed by atoms with Crippen molar-refractivity contribution in [2.45, 2.75) is 19.8 Å². The van der Waals surface area contributed by atoms with Crippen molar-refractivity contribution in [1.29, 1.82) is 0 Å². The molecule has 0 N–H and O–H groups in total. The Kier molecular flexibility index (Phi) is 4.82. The van der Waals surface area contributed by atoms with Crippen LogP contribution in [-0.2, 0) is 20.8 Å². The molecule has 1 saturated carbocycles. The molecule has 29 heavy (non-hydrogen) atoms. The number of fused-ring (bicyclic) bond motifs is 5. The number of allylic oxidation sites excluding steroid dienone is 3. The fourth-order valence-electron chi connectivity index (χ4n) is 4.60. The van der Waals surface area contributed by atoms with Gasteiger partial charge in [-0.15, -0.1) is 6.58 Å². The van der Waals surface area contributed by atoms with Gasteiger partial charge in [0.2, 0.25) is 0 Å². The van der Waals surface area contributed by atoms with Crippen LogP contribution in [0.4, 0.5) is 0 Å². The Morgan fingerprint density at radius 3 is 2.45 bits per heavy atom. The minimum absolute atomic E-state index is 0.143. The van der Waals surface area contributed by atoms with Crippen molar-refractivity contribution < 1.29 is 23.9 Å². The highest BCUT2D eigenvalue weighted by molar-refractivity contribution is 6.06. The van der Waals surface area contributed by atoms with Crippen LogP contribution in [0.1, 0.15) is 24.5 Å². The summed E-state index contributed by atoms with van der Waals surface area (Å²) >= 11 is 0. The van der Waals surface area contributed by atoms with E-state index in [0.29, 0.717) is 29.0 Å². The number of methoxy groups -OCH3 is 1. The second-order valence-electron chi connectivity index (χ2n) is 7.53. The van der Waals surface area contributed by atoms with Crippen molar-refractivity contribution in [3.05, 3.63) is 48.1 Å². The van der Waals surface area contributed by atoms with E-state index in [1.165, 1.54) is 20.2 Å². The zero-order chi connectivity index (χ0) is 20.7. The van der Waals surface area contributed by atoms with E-state index < -0.39 is 5.97 Å². The van der Waals surface area contributed by atoms with Gasteiger partial charge in [0.25, 0.3) is 11.8 Å². The topological polar surface area (TPSA) is 85.3 Å². The maximum atomic E-state index is 12.7. The predicted octanol–water partition coefficient (Wildman–Crippen LogP) is 2.49. The van der Waals surface area contributed by atoms with Gasteiger partial charge in [0, 0.05) is 12.5 Å². The molecule has 4 unspecified atom stereocenters. The van der Waals surface area contributed by atoms with Crippen LogP contribution in [-0.4, -0.2) is 36.1 Å². The predicted molar refractivity (Wildman–Crippen MR) is 105 cm³/mol. The van der Waals surface area contributed by atoms with Crippen molar-refractivity contribution in [2.24, 2.45) is 28.8 Å². The number of hydrazone groups is 1. The highest BCUT2D eigenvalue weighted by Gasteiger charge is 2.59. The number of nitrogens with zero attached hydrogens (tertiary/aromatic N) is 2. The van der Waals surface area contributed by atoms with Crippen LogP contribution < -0.4 is 9.47 Å². The molecule has 2 amide bonds. The van der Waals surface area contributed by atoms with Crippen LogP contribution in [0.25, 0.3) is 0 Å². The van der Waals surface area contributed by atoms with Crippen LogP contribution in [0, 0.1) is 23.7 Å². The van der Waals surface area contributed by atoms with Crippen molar-refractivity contribution in [1.82, 2.24) is 5.01 Å². The highest BCUT2D eigenvalue weighted by Crippen LogP contribution is 2.52. The molecule has 4 rings (SSSR count). The van der Waals surface area contributed by atoms with Gasteiger partial charge in [-0.25, -0.2) is 0 Å². The third-order valence-corrected chi connectivity index (χ3v) is 5.75. The monoisotopic (exact) mass is 394 g/mol. The molecular formula is C22H22N2O5. The van der Waals surface area contributed by atoms with Gasteiger partial charge in [0.15, 0.2) is 11.5 Å². The quantitative estimate of drug-likeness (QED) is 0.243. The maximum Gasteiger partial charge on any atom is 0.308 e. The number of rotatable bonds is 6. The van der Waals surface area contributed by atoms with E-state index in [1.54, 1.807) is 18.2 Å². The summed E-state index contributed by atoms with van der Waals surface area (Å²) in [5, 5.41) is 5.20. The Labute approximate surface area is 168 Å². The van der Waals surface area contributed by atoms with E-state index in [4.69, 9.17) is 9.47 Å². The van der Waals surface area contributed by atoms with Gasteiger partial charge in [-0.1, -0.05) is 18.2 Å². The molecule has 150 valence electrons. The average molecular weight is 394 g/mol. The molecule has 2 bridgehead atoms. The van der Waals surface area contributed by atoms with Gasteiger partial charge in [0.1, 0.15) is 0 Å². The van der Waals surface area contributed by atoms with E-state index in [-0.39, 0.29) is 35.5 Å². The fourth-order valence-corrected chi connectivity index (χ4v) is 4.60. The lowest BCUT2D eigenvalue weighted by Crippen LogP contribution is -2.28. The minimum atomic E-state index is -0.460. The van der Waals surface area contributed by atoms with E-state index in [2.05, 4.69) is 11.7 Å². The number of benzene rings is 1. The zero-order valence-electron chi connectivity index (χ0n) is 16.3. The molecule has 2 fully saturated rings. The number of esters is 1. The van der Waals surface area contributed by atoms with Crippen LogP contribution >= 0.6 is 0 Å². The largest absolute Gasteiger partial charge is 0.493 e. The summed E-state index contributed by atoms with van der Waals surface area (Å²) in [6.45, 7) is 5.04. The normalized spacial score (nSPS) is 27.0. The van der Waals surface area contributed by atoms with Crippen molar-refractivity contribution in [3.63, 3.8) is 0 Å². The smallest absolute Gasteiger partial charge is 0.308 e. The summed E-state index contributed by atoms with van der Waals surface area (Å²) in [5.41, 5.74) is 1.31. The summed E-state index contributed by atoms with van der Waals surface area (Å²) in [6, 6.07) is 3.41. The number of imide groups is 1. The van der Waals surface area contributed by atoms with Crippen LogP contribution in [0.2, 0.25) is 0 Å². The Hall–Kier alpha value is -3.22. The number of amides is 2.